The Morgan fingerprint density at radius 1 is 1.14 bits per heavy atom. The van der Waals surface area contributed by atoms with E-state index in [0.29, 0.717) is 34.6 Å². The van der Waals surface area contributed by atoms with Gasteiger partial charge in [-0.1, -0.05) is 40.2 Å². The van der Waals surface area contributed by atoms with Crippen molar-refractivity contribution in [2.24, 2.45) is 28.1 Å². The van der Waals surface area contributed by atoms with E-state index in [2.05, 4.69) is 33.8 Å². The molecular weight excluding hydrogens is 272 g/mol. The third kappa shape index (κ3) is 1.99. The SMILES string of the molecule is CC1(C)CCC[C@]2(C)[C@H]3CC[C@](C)(C4CO4)C=C3C(=O)C[C@@H]12. The molecule has 2 saturated carbocycles. The zero-order valence-electron chi connectivity index (χ0n) is 14.6. The minimum Gasteiger partial charge on any atom is -0.372 e. The number of rotatable bonds is 1. The molecule has 2 nitrogen and oxygen atoms in total. The Morgan fingerprint density at radius 2 is 1.86 bits per heavy atom. The molecule has 0 aromatic carbocycles. The van der Waals surface area contributed by atoms with Gasteiger partial charge >= 0.3 is 0 Å². The molecule has 22 heavy (non-hydrogen) atoms. The van der Waals surface area contributed by atoms with Crippen LogP contribution in [0.5, 0.6) is 0 Å². The van der Waals surface area contributed by atoms with Crippen molar-refractivity contribution in [2.45, 2.75) is 72.3 Å². The number of carbonyl (C=O) groups excluding carboxylic acids is 1. The average Bonchev–Trinajstić information content (AvgIpc) is 3.26. The molecule has 0 radical (unpaired) electrons. The van der Waals surface area contributed by atoms with Gasteiger partial charge in [-0.3, -0.25) is 4.79 Å². The first kappa shape index (κ1) is 14.9. The number of ether oxygens (including phenoxy) is 1. The van der Waals surface area contributed by atoms with Crippen LogP contribution in [0.2, 0.25) is 0 Å². The van der Waals surface area contributed by atoms with E-state index in [9.17, 15) is 4.79 Å². The molecule has 0 amide bonds. The Labute approximate surface area is 134 Å². The Kier molecular flexibility index (Phi) is 3.03. The number of Topliss-reactive ketones (excluding diaryl/α,β-unsaturated/α-hetero) is 1. The number of allylic oxidation sites excluding steroid dienone is 1. The third-order valence-electron chi connectivity index (χ3n) is 7.68. The second kappa shape index (κ2) is 4.47. The molecule has 1 heterocycles. The molecule has 1 saturated heterocycles. The molecule has 122 valence electrons. The minimum atomic E-state index is 0.106. The lowest BCUT2D eigenvalue weighted by molar-refractivity contribution is -0.131. The molecule has 3 fully saturated rings. The topological polar surface area (TPSA) is 29.6 Å². The van der Waals surface area contributed by atoms with Crippen LogP contribution in [0.1, 0.15) is 66.2 Å². The molecule has 1 aliphatic heterocycles. The summed E-state index contributed by atoms with van der Waals surface area (Å²) in [5, 5.41) is 0. The molecule has 4 rings (SSSR count). The van der Waals surface area contributed by atoms with Gasteiger partial charge in [-0.15, -0.1) is 0 Å². The lowest BCUT2D eigenvalue weighted by atomic mass is 9.45. The van der Waals surface area contributed by atoms with Crippen molar-refractivity contribution < 1.29 is 9.53 Å². The summed E-state index contributed by atoms with van der Waals surface area (Å²) >= 11 is 0. The van der Waals surface area contributed by atoms with Crippen molar-refractivity contribution in [3.05, 3.63) is 11.6 Å². The fourth-order valence-corrected chi connectivity index (χ4v) is 6.18. The average molecular weight is 302 g/mol. The summed E-state index contributed by atoms with van der Waals surface area (Å²) in [4.78, 5) is 12.9. The van der Waals surface area contributed by atoms with E-state index in [1.54, 1.807) is 0 Å². The summed E-state index contributed by atoms with van der Waals surface area (Å²) < 4.78 is 5.57. The summed E-state index contributed by atoms with van der Waals surface area (Å²) in [6.45, 7) is 10.4. The van der Waals surface area contributed by atoms with Gasteiger partial charge in [-0.05, 0) is 53.9 Å². The number of hydrogen-bond acceptors (Lipinski definition) is 2. The highest BCUT2D eigenvalue weighted by molar-refractivity contribution is 5.97. The number of hydrogen-bond donors (Lipinski definition) is 0. The Bertz CT molecular complexity index is 542. The van der Waals surface area contributed by atoms with Crippen molar-refractivity contribution in [1.29, 1.82) is 0 Å². The summed E-state index contributed by atoms with van der Waals surface area (Å²) in [6, 6.07) is 0. The molecule has 3 aliphatic carbocycles. The third-order valence-corrected chi connectivity index (χ3v) is 7.68. The van der Waals surface area contributed by atoms with Crippen LogP contribution in [0.15, 0.2) is 11.6 Å². The van der Waals surface area contributed by atoms with E-state index in [4.69, 9.17) is 4.74 Å². The summed E-state index contributed by atoms with van der Waals surface area (Å²) in [6.07, 6.45) is 9.73. The highest BCUT2D eigenvalue weighted by Gasteiger charge is 2.58. The summed E-state index contributed by atoms with van der Waals surface area (Å²) in [5.74, 6) is 1.49. The summed E-state index contributed by atoms with van der Waals surface area (Å²) in [5.41, 5.74) is 1.91. The zero-order valence-corrected chi connectivity index (χ0v) is 14.6. The van der Waals surface area contributed by atoms with E-state index >= 15 is 0 Å². The van der Waals surface area contributed by atoms with Crippen molar-refractivity contribution >= 4 is 5.78 Å². The monoisotopic (exact) mass is 302 g/mol. The molecule has 0 bridgehead atoms. The zero-order chi connectivity index (χ0) is 15.8. The van der Waals surface area contributed by atoms with Gasteiger partial charge in [0.15, 0.2) is 5.78 Å². The first-order valence-corrected chi connectivity index (χ1v) is 9.14. The molecule has 0 aromatic rings. The first-order chi connectivity index (χ1) is 10.3. The van der Waals surface area contributed by atoms with E-state index in [0.717, 1.165) is 13.0 Å². The van der Waals surface area contributed by atoms with Crippen LogP contribution in [0.3, 0.4) is 0 Å². The molecule has 0 spiro atoms. The maximum atomic E-state index is 12.9. The van der Waals surface area contributed by atoms with Gasteiger partial charge in [-0.25, -0.2) is 0 Å². The second-order valence-electron chi connectivity index (χ2n) is 9.55. The van der Waals surface area contributed by atoms with Crippen molar-refractivity contribution in [3.63, 3.8) is 0 Å². The first-order valence-electron chi connectivity index (χ1n) is 9.14. The molecule has 0 N–H and O–H groups in total. The fourth-order valence-electron chi connectivity index (χ4n) is 6.18. The minimum absolute atomic E-state index is 0.106. The van der Waals surface area contributed by atoms with Gasteiger partial charge in [0.2, 0.25) is 0 Å². The highest BCUT2D eigenvalue weighted by Crippen LogP contribution is 2.63. The maximum absolute atomic E-state index is 12.9. The van der Waals surface area contributed by atoms with E-state index in [1.807, 2.05) is 0 Å². The number of epoxide rings is 1. The molecule has 2 heteroatoms. The predicted octanol–water partition coefficient (Wildman–Crippen LogP) is 4.53. The van der Waals surface area contributed by atoms with Crippen LogP contribution >= 0.6 is 0 Å². The number of ketones is 1. The van der Waals surface area contributed by atoms with E-state index < -0.39 is 0 Å². The van der Waals surface area contributed by atoms with Gasteiger partial charge in [-0.2, -0.15) is 0 Å². The van der Waals surface area contributed by atoms with Crippen LogP contribution < -0.4 is 0 Å². The largest absolute Gasteiger partial charge is 0.372 e. The van der Waals surface area contributed by atoms with Crippen molar-refractivity contribution in [2.75, 3.05) is 6.61 Å². The van der Waals surface area contributed by atoms with Crippen LogP contribution in [-0.2, 0) is 9.53 Å². The van der Waals surface area contributed by atoms with Crippen LogP contribution in [0.25, 0.3) is 0 Å². The Balaban J connectivity index is 1.74. The fraction of sp³-hybridized carbons (Fsp3) is 0.850. The number of fused-ring (bicyclic) bond motifs is 3. The molecule has 1 unspecified atom stereocenters. The second-order valence-corrected chi connectivity index (χ2v) is 9.55. The smallest absolute Gasteiger partial charge is 0.159 e. The van der Waals surface area contributed by atoms with Gasteiger partial charge < -0.3 is 4.74 Å². The Hall–Kier alpha value is -0.630. The van der Waals surface area contributed by atoms with Gasteiger partial charge in [0.1, 0.15) is 0 Å². The van der Waals surface area contributed by atoms with Gasteiger partial charge in [0.25, 0.3) is 0 Å². The molecule has 5 atom stereocenters. The van der Waals surface area contributed by atoms with Gasteiger partial charge in [0.05, 0.1) is 12.7 Å². The lowest BCUT2D eigenvalue weighted by Gasteiger charge is -2.59. The maximum Gasteiger partial charge on any atom is 0.159 e. The number of carbonyl (C=O) groups is 1. The Morgan fingerprint density at radius 3 is 2.55 bits per heavy atom. The molecule has 4 aliphatic rings. The molecular formula is C20H30O2. The predicted molar refractivity (Wildman–Crippen MR) is 87.5 cm³/mol. The van der Waals surface area contributed by atoms with Crippen LogP contribution in [0, 0.1) is 28.1 Å². The van der Waals surface area contributed by atoms with Crippen molar-refractivity contribution in [1.82, 2.24) is 0 Å². The standard InChI is InChI=1S/C20H30O2/c1-18(2)7-5-8-20(4)14-6-9-19(3,17-12-22-17)11-13(14)15(21)10-16(18)20/h11,14,16-17H,5-10,12H2,1-4H3/t14-,16-,17?,19-,20+/m0/s1. The quantitative estimate of drug-likeness (QED) is 0.666. The molecule has 0 aromatic heterocycles. The highest BCUT2D eigenvalue weighted by atomic mass is 16.6. The summed E-state index contributed by atoms with van der Waals surface area (Å²) in [7, 11) is 0. The van der Waals surface area contributed by atoms with Crippen LogP contribution in [-0.4, -0.2) is 18.5 Å². The van der Waals surface area contributed by atoms with Crippen molar-refractivity contribution in [3.8, 4) is 0 Å². The van der Waals surface area contributed by atoms with E-state index in [-0.39, 0.29) is 5.41 Å². The van der Waals surface area contributed by atoms with Crippen LogP contribution in [0.4, 0.5) is 0 Å². The lowest BCUT2D eigenvalue weighted by Crippen LogP contribution is -2.53. The van der Waals surface area contributed by atoms with E-state index in [1.165, 1.54) is 37.7 Å². The normalized spacial score (nSPS) is 49.9. The van der Waals surface area contributed by atoms with Gasteiger partial charge in [0, 0.05) is 11.8 Å².